The third-order valence-electron chi connectivity index (χ3n) is 2.62. The minimum atomic E-state index is -1.00. The van der Waals surface area contributed by atoms with Gasteiger partial charge in [-0.15, -0.1) is 0 Å². The lowest BCUT2D eigenvalue weighted by molar-refractivity contribution is -0.146. The maximum Gasteiger partial charge on any atom is 0.325 e. The zero-order valence-electron chi connectivity index (χ0n) is 10.5. The molecule has 0 aromatic heterocycles. The smallest absolute Gasteiger partial charge is 0.325 e. The van der Waals surface area contributed by atoms with E-state index in [-0.39, 0.29) is 0 Å². The molecule has 94 valence electrons. The van der Waals surface area contributed by atoms with Gasteiger partial charge in [-0.2, -0.15) is 0 Å². The second-order valence-corrected chi connectivity index (χ2v) is 4.27. The molecule has 1 unspecified atom stereocenters. The molecular formula is C13H19NO3. The van der Waals surface area contributed by atoms with E-state index in [9.17, 15) is 4.79 Å². The Balaban J connectivity index is 2.48. The quantitative estimate of drug-likeness (QED) is 0.791. The van der Waals surface area contributed by atoms with Crippen molar-refractivity contribution in [1.82, 2.24) is 0 Å². The Hall–Kier alpha value is -1.55. The average Bonchev–Trinajstić information content (AvgIpc) is 2.30. The third kappa shape index (κ3) is 3.75. The maximum absolute atomic E-state index is 11.3. The Bertz CT molecular complexity index is 388. The fraction of sp³-hybridized carbons (Fsp3) is 0.462. The van der Waals surface area contributed by atoms with Gasteiger partial charge in [0.15, 0.2) is 0 Å². The lowest BCUT2D eigenvalue weighted by Gasteiger charge is -2.21. The Morgan fingerprint density at radius 2 is 2.06 bits per heavy atom. The van der Waals surface area contributed by atoms with Crippen LogP contribution in [0.4, 0.5) is 0 Å². The van der Waals surface area contributed by atoms with Crippen LogP contribution >= 0.6 is 0 Å². The molecule has 1 aromatic rings. The molecule has 0 spiro atoms. The van der Waals surface area contributed by atoms with Crippen molar-refractivity contribution >= 4 is 5.97 Å². The molecule has 0 amide bonds. The van der Waals surface area contributed by atoms with Gasteiger partial charge in [0, 0.05) is 6.42 Å². The molecule has 0 aliphatic rings. The van der Waals surface area contributed by atoms with Crippen molar-refractivity contribution < 1.29 is 14.3 Å². The van der Waals surface area contributed by atoms with Crippen LogP contribution in [0.15, 0.2) is 24.3 Å². The van der Waals surface area contributed by atoms with Crippen LogP contribution < -0.4 is 10.5 Å². The molecule has 0 saturated heterocycles. The fourth-order valence-corrected chi connectivity index (χ4v) is 1.43. The van der Waals surface area contributed by atoms with Crippen molar-refractivity contribution in [2.75, 3.05) is 13.7 Å². The SMILES string of the molecule is COC(=O)C(C)(N)CCOc1ccccc1C. The summed E-state index contributed by atoms with van der Waals surface area (Å²) in [6.45, 7) is 3.99. The Kier molecular flexibility index (Phi) is 4.52. The summed E-state index contributed by atoms with van der Waals surface area (Å²) in [5.41, 5.74) is 5.88. The van der Waals surface area contributed by atoms with Crippen LogP contribution in [0.3, 0.4) is 0 Å². The number of carbonyl (C=O) groups excluding carboxylic acids is 1. The van der Waals surface area contributed by atoms with Crippen molar-refractivity contribution in [3.05, 3.63) is 29.8 Å². The van der Waals surface area contributed by atoms with Gasteiger partial charge in [0.2, 0.25) is 0 Å². The molecule has 1 atom stereocenters. The van der Waals surface area contributed by atoms with Crippen molar-refractivity contribution in [3.63, 3.8) is 0 Å². The van der Waals surface area contributed by atoms with Crippen LogP contribution in [0.5, 0.6) is 5.75 Å². The molecule has 0 fully saturated rings. The van der Waals surface area contributed by atoms with Gasteiger partial charge in [0.25, 0.3) is 0 Å². The summed E-state index contributed by atoms with van der Waals surface area (Å²) < 4.78 is 10.2. The van der Waals surface area contributed by atoms with Crippen LogP contribution in [0, 0.1) is 6.92 Å². The number of ether oxygens (including phenoxy) is 2. The number of nitrogens with two attached hydrogens (primary N) is 1. The topological polar surface area (TPSA) is 61.5 Å². The standard InChI is InChI=1S/C13H19NO3/c1-10-6-4-5-7-11(10)17-9-8-13(2,14)12(15)16-3/h4-7H,8-9,14H2,1-3H3. The van der Waals surface area contributed by atoms with E-state index >= 15 is 0 Å². The molecule has 1 rings (SSSR count). The van der Waals surface area contributed by atoms with Crippen molar-refractivity contribution in [3.8, 4) is 5.75 Å². The maximum atomic E-state index is 11.3. The van der Waals surface area contributed by atoms with Gasteiger partial charge in [-0.3, -0.25) is 4.79 Å². The summed E-state index contributed by atoms with van der Waals surface area (Å²) in [4.78, 5) is 11.3. The summed E-state index contributed by atoms with van der Waals surface area (Å²) >= 11 is 0. The highest BCUT2D eigenvalue weighted by Crippen LogP contribution is 2.17. The minimum Gasteiger partial charge on any atom is -0.493 e. The van der Waals surface area contributed by atoms with Crippen LogP contribution in [-0.2, 0) is 9.53 Å². The van der Waals surface area contributed by atoms with Crippen LogP contribution in [0.2, 0.25) is 0 Å². The molecule has 17 heavy (non-hydrogen) atoms. The molecule has 4 nitrogen and oxygen atoms in total. The van der Waals surface area contributed by atoms with Crippen LogP contribution in [0.25, 0.3) is 0 Å². The van der Waals surface area contributed by atoms with E-state index in [1.165, 1.54) is 7.11 Å². The lowest BCUT2D eigenvalue weighted by Crippen LogP contribution is -2.46. The van der Waals surface area contributed by atoms with E-state index in [4.69, 9.17) is 10.5 Å². The Morgan fingerprint density at radius 3 is 2.65 bits per heavy atom. The summed E-state index contributed by atoms with van der Waals surface area (Å²) in [6.07, 6.45) is 0.411. The van der Waals surface area contributed by atoms with Crippen molar-refractivity contribution in [2.45, 2.75) is 25.8 Å². The number of benzene rings is 1. The summed E-state index contributed by atoms with van der Waals surface area (Å²) in [5, 5.41) is 0. The molecule has 0 bridgehead atoms. The van der Waals surface area contributed by atoms with E-state index < -0.39 is 11.5 Å². The second kappa shape index (κ2) is 5.68. The molecule has 0 heterocycles. The van der Waals surface area contributed by atoms with Crippen LogP contribution in [0.1, 0.15) is 18.9 Å². The second-order valence-electron chi connectivity index (χ2n) is 4.27. The fourth-order valence-electron chi connectivity index (χ4n) is 1.43. The minimum absolute atomic E-state index is 0.382. The zero-order valence-corrected chi connectivity index (χ0v) is 10.5. The molecule has 2 N–H and O–H groups in total. The van der Waals surface area contributed by atoms with Gasteiger partial charge in [-0.1, -0.05) is 18.2 Å². The number of carbonyl (C=O) groups is 1. The third-order valence-corrected chi connectivity index (χ3v) is 2.62. The number of methoxy groups -OCH3 is 1. The molecule has 4 heteroatoms. The first-order valence-corrected chi connectivity index (χ1v) is 5.53. The monoisotopic (exact) mass is 237 g/mol. The summed E-state index contributed by atoms with van der Waals surface area (Å²) in [6, 6.07) is 7.71. The number of aryl methyl sites for hydroxylation is 1. The van der Waals surface area contributed by atoms with Crippen LogP contribution in [-0.4, -0.2) is 25.2 Å². The normalized spacial score (nSPS) is 13.9. The predicted octanol–water partition coefficient (Wildman–Crippen LogP) is 1.65. The molecule has 0 saturated carbocycles. The van der Waals surface area contributed by atoms with Gasteiger partial charge in [0.05, 0.1) is 13.7 Å². The van der Waals surface area contributed by atoms with E-state index in [2.05, 4.69) is 4.74 Å². The van der Waals surface area contributed by atoms with Gasteiger partial charge in [-0.05, 0) is 25.5 Å². The number of esters is 1. The van der Waals surface area contributed by atoms with Crippen molar-refractivity contribution in [1.29, 1.82) is 0 Å². The number of rotatable bonds is 5. The van der Waals surface area contributed by atoms with E-state index in [0.29, 0.717) is 13.0 Å². The number of hydrogen-bond acceptors (Lipinski definition) is 4. The average molecular weight is 237 g/mol. The Labute approximate surface area is 102 Å². The number of hydrogen-bond donors (Lipinski definition) is 1. The molecule has 0 aliphatic carbocycles. The van der Waals surface area contributed by atoms with Gasteiger partial charge in [-0.25, -0.2) is 0 Å². The highest BCUT2D eigenvalue weighted by atomic mass is 16.5. The number of para-hydroxylation sites is 1. The highest BCUT2D eigenvalue weighted by Gasteiger charge is 2.29. The lowest BCUT2D eigenvalue weighted by atomic mass is 10.0. The van der Waals surface area contributed by atoms with Gasteiger partial charge < -0.3 is 15.2 Å². The molecule has 0 aliphatic heterocycles. The predicted molar refractivity (Wildman–Crippen MR) is 65.9 cm³/mol. The van der Waals surface area contributed by atoms with E-state index in [1.54, 1.807) is 6.92 Å². The molecule has 0 radical (unpaired) electrons. The molecular weight excluding hydrogens is 218 g/mol. The highest BCUT2D eigenvalue weighted by molar-refractivity contribution is 5.79. The van der Waals surface area contributed by atoms with E-state index in [0.717, 1.165) is 11.3 Å². The Morgan fingerprint density at radius 1 is 1.41 bits per heavy atom. The van der Waals surface area contributed by atoms with Gasteiger partial charge >= 0.3 is 5.97 Å². The first kappa shape index (κ1) is 13.5. The summed E-state index contributed by atoms with van der Waals surface area (Å²) in [5.74, 6) is 0.388. The first-order chi connectivity index (χ1) is 7.97. The largest absolute Gasteiger partial charge is 0.493 e. The van der Waals surface area contributed by atoms with Crippen molar-refractivity contribution in [2.24, 2.45) is 5.73 Å². The molecule has 1 aromatic carbocycles. The summed E-state index contributed by atoms with van der Waals surface area (Å²) in [7, 11) is 1.33. The van der Waals surface area contributed by atoms with E-state index in [1.807, 2.05) is 31.2 Å². The van der Waals surface area contributed by atoms with Gasteiger partial charge in [0.1, 0.15) is 11.3 Å². The zero-order chi connectivity index (χ0) is 12.9. The first-order valence-electron chi connectivity index (χ1n) is 5.53.